The first kappa shape index (κ1) is 13.7. The first-order valence-corrected chi connectivity index (χ1v) is 7.25. The van der Waals surface area contributed by atoms with Crippen LogP contribution in [0.5, 0.6) is 0 Å². The molecule has 0 aromatic carbocycles. The number of rotatable bonds is 3. The van der Waals surface area contributed by atoms with Gasteiger partial charge >= 0.3 is 0 Å². The van der Waals surface area contributed by atoms with Crippen molar-refractivity contribution in [3.8, 4) is 0 Å². The Labute approximate surface area is 123 Å². The van der Waals surface area contributed by atoms with E-state index in [0.717, 1.165) is 37.2 Å². The topological polar surface area (TPSA) is 63.9 Å². The van der Waals surface area contributed by atoms with Crippen molar-refractivity contribution in [2.45, 2.75) is 32.2 Å². The molecule has 0 aliphatic carbocycles. The van der Waals surface area contributed by atoms with Crippen molar-refractivity contribution in [1.29, 1.82) is 0 Å². The normalized spacial score (nSPS) is 18.7. The molecule has 1 fully saturated rings. The number of hydrogen-bond donors (Lipinski definition) is 0. The molecule has 6 nitrogen and oxygen atoms in total. The van der Waals surface area contributed by atoms with Crippen LogP contribution >= 0.6 is 0 Å². The van der Waals surface area contributed by atoms with Crippen molar-refractivity contribution in [2.75, 3.05) is 13.1 Å². The number of carbonyl (C=O) groups excluding carboxylic acids is 1. The molecule has 1 atom stereocenters. The van der Waals surface area contributed by atoms with E-state index >= 15 is 0 Å². The summed E-state index contributed by atoms with van der Waals surface area (Å²) in [6.07, 6.45) is 10.9. The van der Waals surface area contributed by atoms with E-state index in [1.807, 2.05) is 18.0 Å². The van der Waals surface area contributed by atoms with Gasteiger partial charge in [-0.05, 0) is 25.3 Å². The second kappa shape index (κ2) is 6.03. The number of aromatic nitrogens is 4. The smallest absolute Gasteiger partial charge is 0.244 e. The van der Waals surface area contributed by atoms with E-state index in [0.29, 0.717) is 6.54 Å². The lowest BCUT2D eigenvalue weighted by molar-refractivity contribution is -0.133. The highest BCUT2D eigenvalue weighted by Gasteiger charge is 2.25. The largest absolute Gasteiger partial charge is 0.340 e. The van der Waals surface area contributed by atoms with E-state index < -0.39 is 0 Å². The van der Waals surface area contributed by atoms with Crippen LogP contribution in [-0.2, 0) is 11.3 Å². The molecule has 0 radical (unpaired) electrons. The quantitative estimate of drug-likeness (QED) is 0.855. The number of amides is 1. The lowest BCUT2D eigenvalue weighted by Crippen LogP contribution is -2.41. The predicted octanol–water partition coefficient (Wildman–Crippen LogP) is 1.39. The van der Waals surface area contributed by atoms with E-state index in [2.05, 4.69) is 15.1 Å². The molecular weight excluding hydrogens is 266 g/mol. The summed E-state index contributed by atoms with van der Waals surface area (Å²) in [7, 11) is 0. The lowest BCUT2D eigenvalue weighted by atomic mass is 9.95. The average Bonchev–Trinajstić information content (AvgIpc) is 2.93. The number of aryl methyl sites for hydroxylation is 1. The average molecular weight is 285 g/mol. The SMILES string of the molecule is Cc1cnn(CC(=O)N2CCCC(c3cnccn3)C2)c1. The zero-order chi connectivity index (χ0) is 14.7. The Morgan fingerprint density at radius 1 is 1.38 bits per heavy atom. The number of likely N-dealkylation sites (tertiary alicyclic amines) is 1. The highest BCUT2D eigenvalue weighted by molar-refractivity contribution is 5.76. The number of carbonyl (C=O) groups is 1. The molecule has 3 rings (SSSR count). The zero-order valence-corrected chi connectivity index (χ0v) is 12.1. The van der Waals surface area contributed by atoms with Crippen molar-refractivity contribution in [2.24, 2.45) is 0 Å². The maximum Gasteiger partial charge on any atom is 0.244 e. The van der Waals surface area contributed by atoms with Crippen LogP contribution < -0.4 is 0 Å². The fourth-order valence-electron chi connectivity index (χ4n) is 2.76. The Morgan fingerprint density at radius 2 is 2.29 bits per heavy atom. The number of hydrogen-bond acceptors (Lipinski definition) is 4. The van der Waals surface area contributed by atoms with Crippen LogP contribution in [-0.4, -0.2) is 43.6 Å². The Morgan fingerprint density at radius 3 is 3.00 bits per heavy atom. The van der Waals surface area contributed by atoms with Crippen LogP contribution in [0, 0.1) is 6.92 Å². The third-order valence-corrected chi connectivity index (χ3v) is 3.84. The molecule has 110 valence electrons. The minimum atomic E-state index is 0.117. The molecule has 0 spiro atoms. The van der Waals surface area contributed by atoms with Crippen molar-refractivity contribution < 1.29 is 4.79 Å². The van der Waals surface area contributed by atoms with Gasteiger partial charge in [0.25, 0.3) is 0 Å². The van der Waals surface area contributed by atoms with Crippen LogP contribution in [0.15, 0.2) is 31.0 Å². The molecule has 3 heterocycles. The Kier molecular flexibility index (Phi) is 3.94. The molecule has 2 aromatic rings. The molecule has 1 unspecified atom stereocenters. The molecule has 1 aliphatic heterocycles. The second-order valence-corrected chi connectivity index (χ2v) is 5.52. The molecule has 0 bridgehead atoms. The molecule has 21 heavy (non-hydrogen) atoms. The van der Waals surface area contributed by atoms with Crippen LogP contribution in [0.1, 0.15) is 30.0 Å². The van der Waals surface area contributed by atoms with E-state index in [1.54, 1.807) is 29.5 Å². The summed E-state index contributed by atoms with van der Waals surface area (Å²) in [5.74, 6) is 0.405. The fraction of sp³-hybridized carbons (Fsp3) is 0.467. The minimum Gasteiger partial charge on any atom is -0.340 e. The first-order valence-electron chi connectivity index (χ1n) is 7.25. The van der Waals surface area contributed by atoms with Gasteiger partial charge in [-0.2, -0.15) is 5.10 Å². The Balaban J connectivity index is 1.64. The second-order valence-electron chi connectivity index (χ2n) is 5.52. The summed E-state index contributed by atoms with van der Waals surface area (Å²) in [6, 6.07) is 0. The van der Waals surface area contributed by atoms with E-state index in [9.17, 15) is 4.79 Å². The molecule has 0 saturated carbocycles. The monoisotopic (exact) mass is 285 g/mol. The van der Waals surface area contributed by atoms with Crippen LogP contribution in [0.2, 0.25) is 0 Å². The van der Waals surface area contributed by atoms with Crippen molar-refractivity contribution >= 4 is 5.91 Å². The summed E-state index contributed by atoms with van der Waals surface area (Å²) in [5.41, 5.74) is 2.05. The van der Waals surface area contributed by atoms with Crippen LogP contribution in [0.25, 0.3) is 0 Å². The van der Waals surface area contributed by atoms with E-state index in [4.69, 9.17) is 0 Å². The minimum absolute atomic E-state index is 0.117. The van der Waals surface area contributed by atoms with Gasteiger partial charge in [-0.25, -0.2) is 0 Å². The molecule has 6 heteroatoms. The molecule has 1 amide bonds. The van der Waals surface area contributed by atoms with Crippen molar-refractivity contribution in [3.63, 3.8) is 0 Å². The van der Waals surface area contributed by atoms with Gasteiger partial charge in [0.1, 0.15) is 6.54 Å². The first-order chi connectivity index (χ1) is 10.2. The highest BCUT2D eigenvalue weighted by atomic mass is 16.2. The lowest BCUT2D eigenvalue weighted by Gasteiger charge is -2.32. The third kappa shape index (κ3) is 3.26. The molecule has 1 saturated heterocycles. The van der Waals surface area contributed by atoms with Gasteiger partial charge in [0.2, 0.25) is 5.91 Å². The maximum absolute atomic E-state index is 12.4. The maximum atomic E-state index is 12.4. The van der Waals surface area contributed by atoms with Gasteiger partial charge < -0.3 is 4.90 Å². The number of nitrogens with zero attached hydrogens (tertiary/aromatic N) is 5. The van der Waals surface area contributed by atoms with Gasteiger partial charge in [-0.1, -0.05) is 0 Å². The summed E-state index contributed by atoms with van der Waals surface area (Å²) < 4.78 is 1.70. The van der Waals surface area contributed by atoms with Gasteiger partial charge in [-0.15, -0.1) is 0 Å². The molecule has 0 N–H and O–H groups in total. The van der Waals surface area contributed by atoms with Crippen LogP contribution in [0.4, 0.5) is 0 Å². The molecule has 1 aliphatic rings. The predicted molar refractivity (Wildman–Crippen MR) is 77.6 cm³/mol. The Bertz CT molecular complexity index is 610. The summed E-state index contributed by atoms with van der Waals surface area (Å²) in [6.45, 7) is 3.81. The van der Waals surface area contributed by atoms with Gasteiger partial charge in [-0.3, -0.25) is 19.4 Å². The highest BCUT2D eigenvalue weighted by Crippen LogP contribution is 2.24. The summed E-state index contributed by atoms with van der Waals surface area (Å²) in [4.78, 5) is 22.8. The van der Waals surface area contributed by atoms with E-state index in [1.165, 1.54) is 0 Å². The van der Waals surface area contributed by atoms with Gasteiger partial charge in [0.05, 0.1) is 11.9 Å². The number of piperidine rings is 1. The fourth-order valence-corrected chi connectivity index (χ4v) is 2.76. The van der Waals surface area contributed by atoms with Crippen molar-refractivity contribution in [1.82, 2.24) is 24.6 Å². The zero-order valence-electron chi connectivity index (χ0n) is 12.1. The summed E-state index contributed by atoms with van der Waals surface area (Å²) in [5, 5.41) is 4.17. The van der Waals surface area contributed by atoms with Crippen LogP contribution in [0.3, 0.4) is 0 Å². The molecular formula is C15H19N5O. The van der Waals surface area contributed by atoms with Gasteiger partial charge in [0.15, 0.2) is 0 Å². The van der Waals surface area contributed by atoms with E-state index in [-0.39, 0.29) is 11.8 Å². The Hall–Kier alpha value is -2.24. The van der Waals surface area contributed by atoms with Crippen molar-refractivity contribution in [3.05, 3.63) is 42.2 Å². The third-order valence-electron chi connectivity index (χ3n) is 3.84. The molecule has 2 aromatic heterocycles. The van der Waals surface area contributed by atoms with Gasteiger partial charge in [0, 0.05) is 43.8 Å². The summed E-state index contributed by atoms with van der Waals surface area (Å²) >= 11 is 0. The standard InChI is InChI=1S/C15H19N5O/c1-12-7-18-20(9-12)11-15(21)19-6-2-3-13(10-19)14-8-16-4-5-17-14/h4-5,7-9,13H,2-3,6,10-11H2,1H3.